The zero-order chi connectivity index (χ0) is 30.5. The maximum absolute atomic E-state index is 13.1. The Balaban J connectivity index is 2.63. The Morgan fingerprint density at radius 1 is 0.854 bits per heavy atom. The van der Waals surface area contributed by atoms with Crippen LogP contribution in [-0.4, -0.2) is 41.7 Å². The van der Waals surface area contributed by atoms with Crippen LogP contribution in [0.4, 0.5) is 4.79 Å². The van der Waals surface area contributed by atoms with Crippen molar-refractivity contribution >= 4 is 23.9 Å². The average molecular weight is 577 g/mol. The Kier molecular flexibility index (Phi) is 18.2. The first kappa shape index (κ1) is 35.9. The summed E-state index contributed by atoms with van der Waals surface area (Å²) in [7, 11) is 0. The molecule has 0 aliphatic heterocycles. The van der Waals surface area contributed by atoms with E-state index in [9.17, 15) is 19.2 Å². The molecule has 2 atom stereocenters. The number of ether oxygens (including phenoxy) is 3. The predicted octanol–water partition coefficient (Wildman–Crippen LogP) is 6.50. The summed E-state index contributed by atoms with van der Waals surface area (Å²) in [5.41, 5.74) is 5.53. The minimum absolute atomic E-state index is 0.0652. The van der Waals surface area contributed by atoms with Crippen LogP contribution < -0.4 is 11.1 Å². The first-order chi connectivity index (χ1) is 19.5. The minimum Gasteiger partial charge on any atom is -0.461 e. The number of benzene rings is 1. The Morgan fingerprint density at radius 2 is 1.46 bits per heavy atom. The van der Waals surface area contributed by atoms with Gasteiger partial charge in [0, 0.05) is 6.42 Å². The molecule has 9 nitrogen and oxygen atoms in total. The molecule has 3 N–H and O–H groups in total. The Labute approximate surface area is 246 Å². The molecule has 1 unspecified atom stereocenters. The summed E-state index contributed by atoms with van der Waals surface area (Å²) in [6, 6.07) is 8.28. The van der Waals surface area contributed by atoms with Crippen molar-refractivity contribution in [3.63, 3.8) is 0 Å². The van der Waals surface area contributed by atoms with Crippen molar-refractivity contribution in [2.75, 3.05) is 0 Å². The summed E-state index contributed by atoms with van der Waals surface area (Å²) >= 11 is 0. The maximum atomic E-state index is 13.1. The second kappa shape index (κ2) is 20.7. The number of unbranched alkanes of at least 4 members (excludes halogenated alkanes) is 8. The summed E-state index contributed by atoms with van der Waals surface area (Å²) in [6.07, 6.45) is 9.76. The van der Waals surface area contributed by atoms with Crippen molar-refractivity contribution in [3.05, 3.63) is 35.9 Å². The summed E-state index contributed by atoms with van der Waals surface area (Å²) in [6.45, 7) is 7.52. The zero-order valence-corrected chi connectivity index (χ0v) is 25.6. The van der Waals surface area contributed by atoms with Gasteiger partial charge in [-0.1, -0.05) is 88.6 Å². The third kappa shape index (κ3) is 19.6. The van der Waals surface area contributed by atoms with Crippen LogP contribution in [0.15, 0.2) is 30.3 Å². The molecule has 0 heterocycles. The number of esters is 2. The van der Waals surface area contributed by atoms with Gasteiger partial charge in [-0.25, -0.2) is 9.59 Å². The lowest BCUT2D eigenvalue weighted by Gasteiger charge is -2.24. The van der Waals surface area contributed by atoms with Crippen molar-refractivity contribution in [1.82, 2.24) is 5.32 Å². The topological polar surface area (TPSA) is 134 Å². The molecule has 0 fully saturated rings. The Bertz CT molecular complexity index is 899. The lowest BCUT2D eigenvalue weighted by Crippen LogP contribution is -2.45. The maximum Gasteiger partial charge on any atom is 0.408 e. The van der Waals surface area contributed by atoms with E-state index >= 15 is 0 Å². The number of carbonyl (C=O) groups is 4. The van der Waals surface area contributed by atoms with Gasteiger partial charge < -0.3 is 25.3 Å². The molecule has 0 bridgehead atoms. The highest BCUT2D eigenvalue weighted by Crippen LogP contribution is 2.16. The third-order valence-electron chi connectivity index (χ3n) is 6.43. The fraction of sp³-hybridized carbons (Fsp3) is 0.688. The molecule has 0 aliphatic rings. The van der Waals surface area contributed by atoms with Gasteiger partial charge in [0.15, 0.2) is 0 Å². The van der Waals surface area contributed by atoms with E-state index in [1.54, 1.807) is 20.8 Å². The molecule has 0 aromatic heterocycles. The van der Waals surface area contributed by atoms with Crippen LogP contribution in [0.3, 0.4) is 0 Å². The molecule has 2 amide bonds. The Morgan fingerprint density at radius 3 is 2.05 bits per heavy atom. The van der Waals surface area contributed by atoms with E-state index in [2.05, 4.69) is 12.2 Å². The first-order valence-corrected chi connectivity index (χ1v) is 15.2. The standard InChI is InChI=1S/C32H52N2O7/c1-5-6-7-8-9-10-11-12-16-20-26(23-28(33)35)40-30(37)27(34-31(38)41-32(2,3)4)21-17-22-29(36)39-24-25-18-14-13-15-19-25/h13-15,18-19,26-27H,5-12,16-17,20-24H2,1-4H3,(H2,33,35)(H,34,38)/t26?,27-/m0/s1. The number of nitrogens with two attached hydrogens (primary N) is 1. The molecule has 0 radical (unpaired) electrons. The molecule has 0 spiro atoms. The highest BCUT2D eigenvalue weighted by Gasteiger charge is 2.28. The lowest BCUT2D eigenvalue weighted by atomic mass is 10.0. The van der Waals surface area contributed by atoms with Crippen molar-refractivity contribution in [1.29, 1.82) is 0 Å². The number of hydrogen-bond acceptors (Lipinski definition) is 7. The van der Waals surface area contributed by atoms with Crippen molar-refractivity contribution in [2.45, 2.75) is 142 Å². The molecular formula is C32H52N2O7. The van der Waals surface area contributed by atoms with Crippen LogP contribution in [0.25, 0.3) is 0 Å². The molecule has 9 heteroatoms. The van der Waals surface area contributed by atoms with Crippen LogP contribution in [0.5, 0.6) is 0 Å². The number of nitrogens with one attached hydrogen (secondary N) is 1. The number of primary amides is 1. The smallest absolute Gasteiger partial charge is 0.408 e. The van der Waals surface area contributed by atoms with E-state index in [-0.39, 0.29) is 32.3 Å². The molecule has 1 aromatic carbocycles. The highest BCUT2D eigenvalue weighted by molar-refractivity contribution is 5.82. The van der Waals surface area contributed by atoms with Crippen molar-refractivity contribution < 1.29 is 33.4 Å². The van der Waals surface area contributed by atoms with Gasteiger partial charge >= 0.3 is 18.0 Å². The van der Waals surface area contributed by atoms with Gasteiger partial charge in [0.25, 0.3) is 0 Å². The monoisotopic (exact) mass is 576 g/mol. The van der Waals surface area contributed by atoms with Gasteiger partial charge in [-0.05, 0) is 52.0 Å². The van der Waals surface area contributed by atoms with E-state index in [0.29, 0.717) is 6.42 Å². The second-order valence-corrected chi connectivity index (χ2v) is 11.6. The third-order valence-corrected chi connectivity index (χ3v) is 6.43. The summed E-state index contributed by atoms with van der Waals surface area (Å²) in [4.78, 5) is 49.5. The predicted molar refractivity (Wildman–Crippen MR) is 159 cm³/mol. The molecule has 0 saturated heterocycles. The van der Waals surface area contributed by atoms with E-state index in [1.807, 2.05) is 30.3 Å². The number of hydrogen-bond donors (Lipinski definition) is 2. The normalized spacial score (nSPS) is 12.7. The van der Waals surface area contributed by atoms with Crippen molar-refractivity contribution in [3.8, 4) is 0 Å². The quantitative estimate of drug-likeness (QED) is 0.0969. The number of amides is 2. The molecule has 1 aromatic rings. The molecule has 41 heavy (non-hydrogen) atoms. The lowest BCUT2D eigenvalue weighted by molar-refractivity contribution is -0.154. The second-order valence-electron chi connectivity index (χ2n) is 11.6. The van der Waals surface area contributed by atoms with Gasteiger partial charge in [-0.15, -0.1) is 0 Å². The SMILES string of the molecule is CCCCCCCCCCCC(CC(N)=O)OC(=O)[C@H](CCCC(=O)OCc1ccccc1)NC(=O)OC(C)(C)C. The van der Waals surface area contributed by atoms with Crippen LogP contribution in [0, 0.1) is 0 Å². The molecule has 0 aliphatic carbocycles. The average Bonchev–Trinajstić information content (AvgIpc) is 2.89. The van der Waals surface area contributed by atoms with Gasteiger partial charge in [-0.3, -0.25) is 9.59 Å². The van der Waals surface area contributed by atoms with E-state index in [4.69, 9.17) is 19.9 Å². The van der Waals surface area contributed by atoms with Gasteiger partial charge in [-0.2, -0.15) is 0 Å². The highest BCUT2D eigenvalue weighted by atomic mass is 16.6. The minimum atomic E-state index is -1.05. The summed E-state index contributed by atoms with van der Waals surface area (Å²) in [5, 5.41) is 2.56. The summed E-state index contributed by atoms with van der Waals surface area (Å²) < 4.78 is 16.3. The van der Waals surface area contributed by atoms with Crippen LogP contribution in [0.2, 0.25) is 0 Å². The van der Waals surface area contributed by atoms with Crippen LogP contribution in [0.1, 0.15) is 123 Å². The number of rotatable bonds is 21. The Hall–Kier alpha value is -3.10. The fourth-order valence-electron chi connectivity index (χ4n) is 4.32. The molecule has 1 rings (SSSR count). The van der Waals surface area contributed by atoms with E-state index in [1.165, 1.54) is 38.5 Å². The van der Waals surface area contributed by atoms with Gasteiger partial charge in [0.1, 0.15) is 24.4 Å². The van der Waals surface area contributed by atoms with Crippen LogP contribution >= 0.6 is 0 Å². The van der Waals surface area contributed by atoms with Gasteiger partial charge in [0.2, 0.25) is 5.91 Å². The molecule has 232 valence electrons. The zero-order valence-electron chi connectivity index (χ0n) is 25.6. The summed E-state index contributed by atoms with van der Waals surface area (Å²) in [5.74, 6) is -1.65. The molecular weight excluding hydrogens is 524 g/mol. The van der Waals surface area contributed by atoms with E-state index < -0.39 is 41.7 Å². The van der Waals surface area contributed by atoms with Crippen molar-refractivity contribution in [2.24, 2.45) is 5.73 Å². The number of carbonyl (C=O) groups excluding carboxylic acids is 4. The first-order valence-electron chi connectivity index (χ1n) is 15.2. The molecule has 0 saturated carbocycles. The number of alkyl carbamates (subject to hydrolysis) is 1. The van der Waals surface area contributed by atoms with Crippen LogP contribution in [-0.2, 0) is 35.2 Å². The fourth-order valence-corrected chi connectivity index (χ4v) is 4.32. The largest absolute Gasteiger partial charge is 0.461 e. The van der Waals surface area contributed by atoms with E-state index in [0.717, 1.165) is 24.8 Å². The van der Waals surface area contributed by atoms with Gasteiger partial charge in [0.05, 0.1) is 6.42 Å².